The topological polar surface area (TPSA) is 197 Å². The summed E-state index contributed by atoms with van der Waals surface area (Å²) in [5, 5.41) is 45.4. The smallest absolute Gasteiger partial charge is 0.255 e. The predicted octanol–water partition coefficient (Wildman–Crippen LogP) is 2.10. The molecule has 2 aromatic carbocycles. The number of aliphatic hydroxyl groups is 3. The third-order valence-corrected chi connectivity index (χ3v) is 9.58. The third kappa shape index (κ3) is 4.25. The van der Waals surface area contributed by atoms with Gasteiger partial charge >= 0.3 is 0 Å². The first-order valence-electron chi connectivity index (χ1n) is 14.5. The molecule has 1 amide bonds. The Bertz CT molecular complexity index is 1600. The van der Waals surface area contributed by atoms with Gasteiger partial charge in [-0.25, -0.2) is 0 Å². The van der Waals surface area contributed by atoms with Crippen LogP contribution >= 0.6 is 0 Å². The van der Waals surface area contributed by atoms with Crippen molar-refractivity contribution in [1.29, 1.82) is 0 Å². The lowest BCUT2D eigenvalue weighted by molar-refractivity contribution is -0.149. The van der Waals surface area contributed by atoms with E-state index >= 15 is 0 Å². The van der Waals surface area contributed by atoms with Gasteiger partial charge in [-0.15, -0.1) is 0 Å². The minimum Gasteiger partial charge on any atom is -0.508 e. The molecule has 1 saturated heterocycles. The van der Waals surface area contributed by atoms with E-state index in [1.54, 1.807) is 6.07 Å². The van der Waals surface area contributed by atoms with E-state index in [9.17, 15) is 34.8 Å². The number of ketones is 2. The Morgan fingerprint density at radius 3 is 2.56 bits per heavy atom. The molecule has 2 aromatic rings. The Hall–Kier alpha value is -4.19. The molecule has 1 saturated carbocycles. The fourth-order valence-electron chi connectivity index (χ4n) is 7.50. The normalized spacial score (nSPS) is 28.9. The zero-order valence-corrected chi connectivity index (χ0v) is 23.7. The number of carbonyl (C=O) groups is 3. The number of Topliss-reactive ketones (excluding diaryl/α,β-unsaturated/α-hetero) is 2. The molecule has 0 spiro atoms. The van der Waals surface area contributed by atoms with Crippen LogP contribution in [0.3, 0.4) is 0 Å². The van der Waals surface area contributed by atoms with Crippen LogP contribution in [-0.2, 0) is 27.4 Å². The van der Waals surface area contributed by atoms with Gasteiger partial charge in [0.25, 0.3) is 5.91 Å². The number of carbonyl (C=O) groups excluding carboxylic acids is 3. The highest BCUT2D eigenvalue weighted by Gasteiger charge is 2.63. The molecule has 0 unspecified atom stereocenters. The van der Waals surface area contributed by atoms with Crippen LogP contribution in [-0.4, -0.2) is 67.5 Å². The van der Waals surface area contributed by atoms with Crippen molar-refractivity contribution in [3.05, 3.63) is 75.6 Å². The summed E-state index contributed by atoms with van der Waals surface area (Å²) in [5.41, 5.74) is 9.74. The van der Waals surface area contributed by atoms with Gasteiger partial charge in [0, 0.05) is 28.7 Å². The Labute approximate surface area is 248 Å². The van der Waals surface area contributed by atoms with Crippen LogP contribution in [0.5, 0.6) is 11.5 Å². The monoisotopic (exact) mass is 589 g/mol. The molecular weight excluding hydrogens is 554 g/mol. The van der Waals surface area contributed by atoms with Crippen molar-refractivity contribution >= 4 is 23.2 Å². The number of aliphatic hydroxyl groups excluding tert-OH is 2. The highest BCUT2D eigenvalue weighted by atomic mass is 16.5. The Kier molecular flexibility index (Phi) is 7.07. The molecule has 8 N–H and O–H groups in total. The molecule has 4 aliphatic rings. The number of ether oxygens (including phenoxy) is 1. The molecule has 0 bridgehead atoms. The van der Waals surface area contributed by atoms with Crippen molar-refractivity contribution in [2.24, 2.45) is 23.3 Å². The van der Waals surface area contributed by atoms with E-state index in [1.807, 2.05) is 30.3 Å². The number of primary amides is 1. The summed E-state index contributed by atoms with van der Waals surface area (Å²) in [6.07, 6.45) is 1.88. The number of nitrogens with zero attached hydrogens (tertiary/aromatic N) is 1. The van der Waals surface area contributed by atoms with Gasteiger partial charge in [0.2, 0.25) is 5.78 Å². The number of hydrogen-bond donors (Lipinski definition) is 6. The molecule has 5 atom stereocenters. The number of hydrogen-bond acceptors (Lipinski definition) is 10. The molecular formula is C32H35N3O8. The zero-order chi connectivity index (χ0) is 30.8. The number of amides is 1. The van der Waals surface area contributed by atoms with E-state index in [0.29, 0.717) is 11.3 Å². The quantitative estimate of drug-likeness (QED) is 0.271. The molecule has 1 heterocycles. The number of aromatic hydroxyl groups is 1. The second-order valence-electron chi connectivity index (χ2n) is 11.8. The number of rotatable bonds is 6. The third-order valence-electron chi connectivity index (χ3n) is 9.58. The molecule has 1 aliphatic heterocycles. The molecule has 0 radical (unpaired) electrons. The summed E-state index contributed by atoms with van der Waals surface area (Å²) >= 11 is 0. The van der Waals surface area contributed by atoms with E-state index in [1.165, 1.54) is 0 Å². The number of phenols is 1. The molecule has 43 heavy (non-hydrogen) atoms. The van der Waals surface area contributed by atoms with Gasteiger partial charge in [0.1, 0.15) is 35.2 Å². The summed E-state index contributed by atoms with van der Waals surface area (Å²) in [7, 11) is 0. The maximum absolute atomic E-state index is 13.9. The van der Waals surface area contributed by atoms with Crippen molar-refractivity contribution in [3.8, 4) is 11.5 Å². The van der Waals surface area contributed by atoms with Crippen LogP contribution in [0.4, 0.5) is 0 Å². The number of fused-ring (bicyclic) bond motifs is 3. The molecule has 2 fully saturated rings. The summed E-state index contributed by atoms with van der Waals surface area (Å²) in [4.78, 5) is 41.1. The molecule has 3 aliphatic carbocycles. The maximum atomic E-state index is 13.9. The van der Waals surface area contributed by atoms with Gasteiger partial charge in [-0.05, 0) is 56.3 Å². The predicted molar refractivity (Wildman–Crippen MR) is 155 cm³/mol. The van der Waals surface area contributed by atoms with Gasteiger partial charge in [0.05, 0.1) is 11.6 Å². The first-order chi connectivity index (χ1) is 20.5. The van der Waals surface area contributed by atoms with Crippen molar-refractivity contribution in [1.82, 2.24) is 4.90 Å². The minimum atomic E-state index is -2.75. The largest absolute Gasteiger partial charge is 0.508 e. The summed E-state index contributed by atoms with van der Waals surface area (Å²) < 4.78 is 6.48. The lowest BCUT2D eigenvalue weighted by Gasteiger charge is -2.48. The highest BCUT2D eigenvalue weighted by Crippen LogP contribution is 2.54. The summed E-state index contributed by atoms with van der Waals surface area (Å²) in [6, 6.07) is 9.60. The number of nitrogens with two attached hydrogens (primary N) is 2. The van der Waals surface area contributed by atoms with Crippen molar-refractivity contribution in [3.63, 3.8) is 0 Å². The van der Waals surface area contributed by atoms with E-state index in [0.717, 1.165) is 37.1 Å². The summed E-state index contributed by atoms with van der Waals surface area (Å²) in [6.45, 7) is 3.98. The molecule has 0 aromatic heterocycles. The SMILES string of the molecule is CCN1CCC[C@H]1c1cc(O)c2c(c1OCc1ccccc1)C[C@H]1C[C@H]3[C@H](N)C(=O)C(C(N)=O)=C(O)[C@@]3(O)C(=O)C1=C2O. The van der Waals surface area contributed by atoms with Gasteiger partial charge < -0.3 is 36.6 Å². The van der Waals surface area contributed by atoms with E-state index in [4.69, 9.17) is 16.2 Å². The van der Waals surface area contributed by atoms with E-state index in [2.05, 4.69) is 11.8 Å². The molecule has 6 rings (SSSR count). The van der Waals surface area contributed by atoms with Crippen LogP contribution in [0.2, 0.25) is 0 Å². The van der Waals surface area contributed by atoms with Crippen molar-refractivity contribution < 1.29 is 39.5 Å². The van der Waals surface area contributed by atoms with Crippen LogP contribution in [0.15, 0.2) is 53.3 Å². The van der Waals surface area contributed by atoms with Crippen molar-refractivity contribution in [2.75, 3.05) is 13.1 Å². The molecule has 226 valence electrons. The lowest BCUT2D eigenvalue weighted by Crippen LogP contribution is -2.65. The zero-order valence-electron chi connectivity index (χ0n) is 23.7. The number of likely N-dealkylation sites (tertiary alicyclic amines) is 1. The fraction of sp³-hybridized carbons (Fsp3) is 0.406. The first kappa shape index (κ1) is 28.9. The van der Waals surface area contributed by atoms with Gasteiger partial charge in [-0.3, -0.25) is 19.3 Å². The molecule has 11 heteroatoms. The van der Waals surface area contributed by atoms with Crippen LogP contribution < -0.4 is 16.2 Å². The average molecular weight is 590 g/mol. The second-order valence-corrected chi connectivity index (χ2v) is 11.8. The minimum absolute atomic E-state index is 0.00397. The highest BCUT2D eigenvalue weighted by molar-refractivity contribution is 6.24. The molecule has 11 nitrogen and oxygen atoms in total. The maximum Gasteiger partial charge on any atom is 0.255 e. The van der Waals surface area contributed by atoms with Gasteiger partial charge in [-0.1, -0.05) is 37.3 Å². The number of benzene rings is 2. The average Bonchev–Trinajstić information content (AvgIpc) is 3.46. The van der Waals surface area contributed by atoms with Crippen LogP contribution in [0.1, 0.15) is 54.5 Å². The number of phenolic OH excluding ortho intramolecular Hbond substituents is 1. The Morgan fingerprint density at radius 1 is 1.16 bits per heavy atom. The van der Waals surface area contributed by atoms with Gasteiger partial charge in [-0.2, -0.15) is 0 Å². The van der Waals surface area contributed by atoms with Crippen LogP contribution in [0, 0.1) is 11.8 Å². The lowest BCUT2D eigenvalue weighted by atomic mass is 9.58. The fourth-order valence-corrected chi connectivity index (χ4v) is 7.50. The Morgan fingerprint density at radius 2 is 1.88 bits per heavy atom. The van der Waals surface area contributed by atoms with E-state index < -0.39 is 58.0 Å². The van der Waals surface area contributed by atoms with E-state index in [-0.39, 0.29) is 42.4 Å². The first-order valence-corrected chi connectivity index (χ1v) is 14.5. The van der Waals surface area contributed by atoms with Crippen LogP contribution in [0.25, 0.3) is 5.76 Å². The second kappa shape index (κ2) is 10.5. The Balaban J connectivity index is 1.52. The standard InChI is InChI=1S/C32H35N3O8/c1-2-35-10-6-9-20(35)17-13-21(36)23-18(28(17)43-14-15-7-4-3-5-8-15)11-16-12-19-25(33)27(38)24(31(34)41)30(40)32(19,42)29(39)22(16)26(23)37/h3-5,7-8,13,16,19-20,25,36-37,40,42H,2,6,9-12,14,33H2,1H3,(H2,34,41)/t16-,19-,20-,25-,32-/m0/s1. The van der Waals surface area contributed by atoms with Gasteiger partial charge in [0.15, 0.2) is 11.4 Å². The van der Waals surface area contributed by atoms with Crippen molar-refractivity contribution in [2.45, 2.75) is 56.9 Å². The summed E-state index contributed by atoms with van der Waals surface area (Å²) in [5.74, 6) is -6.88.